The molecule has 3 aromatic rings. The molecule has 0 saturated heterocycles. The van der Waals surface area contributed by atoms with Crippen LogP contribution in [-0.2, 0) is 24.3 Å². The van der Waals surface area contributed by atoms with E-state index in [0.29, 0.717) is 13.0 Å². The molecule has 0 fully saturated rings. The average Bonchev–Trinajstić information content (AvgIpc) is 3.11. The number of imidazole rings is 1. The summed E-state index contributed by atoms with van der Waals surface area (Å²) in [5.41, 5.74) is 1.71. The van der Waals surface area contributed by atoms with Crippen LogP contribution in [0.3, 0.4) is 0 Å². The molecule has 1 aliphatic rings. The zero-order chi connectivity index (χ0) is 19.0. The van der Waals surface area contributed by atoms with E-state index in [2.05, 4.69) is 29.4 Å². The minimum atomic E-state index is -0.177. The fourth-order valence-electron chi connectivity index (χ4n) is 3.77. The van der Waals surface area contributed by atoms with Gasteiger partial charge in [-0.1, -0.05) is 26.0 Å². The predicted octanol–water partition coefficient (Wildman–Crippen LogP) is 1.57. The maximum absolute atomic E-state index is 12.7. The lowest BCUT2D eigenvalue weighted by Gasteiger charge is -2.17. The maximum atomic E-state index is 12.7. The first-order chi connectivity index (χ1) is 13.0. The zero-order valence-corrected chi connectivity index (χ0v) is 15.6. The number of carbonyl (C=O) groups excluding carboxylic acids is 1. The largest absolute Gasteiger partial charge is 0.352 e. The minimum absolute atomic E-state index is 0.0292. The second kappa shape index (κ2) is 7.02. The van der Waals surface area contributed by atoms with Gasteiger partial charge in [0.1, 0.15) is 18.2 Å². The smallest absolute Gasteiger partial charge is 0.343 e. The number of nitrogens with one attached hydrogen (secondary N) is 2. The molecule has 142 valence electrons. The summed E-state index contributed by atoms with van der Waals surface area (Å²) in [6, 6.07) is 7.93. The molecule has 1 unspecified atom stereocenters. The van der Waals surface area contributed by atoms with Crippen molar-refractivity contribution in [3.63, 3.8) is 0 Å². The first kappa shape index (κ1) is 17.5. The third-order valence-electron chi connectivity index (χ3n) is 5.12. The van der Waals surface area contributed by atoms with Gasteiger partial charge in [-0.25, -0.2) is 14.9 Å². The second-order valence-corrected chi connectivity index (χ2v) is 7.39. The van der Waals surface area contributed by atoms with E-state index in [-0.39, 0.29) is 30.1 Å². The fourth-order valence-corrected chi connectivity index (χ4v) is 3.77. The molecule has 0 bridgehead atoms. The number of rotatable bonds is 4. The lowest BCUT2D eigenvalue weighted by molar-refractivity contribution is -0.122. The van der Waals surface area contributed by atoms with Gasteiger partial charge in [0.25, 0.3) is 0 Å². The number of amides is 1. The quantitative estimate of drug-likeness (QED) is 0.730. The molecule has 0 spiro atoms. The van der Waals surface area contributed by atoms with Crippen molar-refractivity contribution in [1.29, 1.82) is 0 Å². The Morgan fingerprint density at radius 2 is 2.15 bits per heavy atom. The van der Waals surface area contributed by atoms with Crippen LogP contribution < -0.4 is 11.0 Å². The third-order valence-corrected chi connectivity index (χ3v) is 5.12. The van der Waals surface area contributed by atoms with E-state index in [4.69, 9.17) is 4.98 Å². The van der Waals surface area contributed by atoms with Crippen molar-refractivity contribution < 1.29 is 4.79 Å². The molecule has 3 heterocycles. The molecule has 0 radical (unpaired) electrons. The fraction of sp³-hybridized carbons (Fsp3) is 0.474. The van der Waals surface area contributed by atoms with Crippen LogP contribution >= 0.6 is 0 Å². The van der Waals surface area contributed by atoms with Crippen LogP contribution in [0.5, 0.6) is 0 Å². The van der Waals surface area contributed by atoms with E-state index < -0.39 is 0 Å². The highest BCUT2D eigenvalue weighted by atomic mass is 16.2. The molecule has 0 aliphatic carbocycles. The van der Waals surface area contributed by atoms with Crippen molar-refractivity contribution in [2.45, 2.75) is 58.2 Å². The average molecular weight is 368 g/mol. The maximum Gasteiger partial charge on any atom is 0.343 e. The molecule has 1 amide bonds. The van der Waals surface area contributed by atoms with Gasteiger partial charge in [-0.15, -0.1) is 0 Å². The highest BCUT2D eigenvalue weighted by Gasteiger charge is 2.21. The van der Waals surface area contributed by atoms with Crippen molar-refractivity contribution in [3.05, 3.63) is 46.4 Å². The summed E-state index contributed by atoms with van der Waals surface area (Å²) >= 11 is 0. The topological polar surface area (TPSA) is 97.6 Å². The minimum Gasteiger partial charge on any atom is -0.352 e. The van der Waals surface area contributed by atoms with Crippen molar-refractivity contribution in [2.75, 3.05) is 0 Å². The van der Waals surface area contributed by atoms with E-state index in [1.54, 1.807) is 4.57 Å². The summed E-state index contributed by atoms with van der Waals surface area (Å²) in [6.07, 6.45) is 2.17. The molecule has 2 aromatic heterocycles. The van der Waals surface area contributed by atoms with E-state index in [1.165, 1.54) is 0 Å². The summed E-state index contributed by atoms with van der Waals surface area (Å²) in [6.45, 7) is 4.98. The number of nitrogens with zero attached hydrogens (tertiary/aromatic N) is 4. The van der Waals surface area contributed by atoms with E-state index in [0.717, 1.165) is 35.5 Å². The molecule has 8 heteroatoms. The molecule has 8 nitrogen and oxygen atoms in total. The summed E-state index contributed by atoms with van der Waals surface area (Å²) in [5, 5.41) is 9.67. The first-order valence-corrected chi connectivity index (χ1v) is 9.41. The molecule has 27 heavy (non-hydrogen) atoms. The van der Waals surface area contributed by atoms with Gasteiger partial charge in [0.05, 0.1) is 11.0 Å². The summed E-state index contributed by atoms with van der Waals surface area (Å²) < 4.78 is 3.66. The van der Waals surface area contributed by atoms with Gasteiger partial charge in [0.15, 0.2) is 0 Å². The number of hydrogen-bond acceptors (Lipinski definition) is 4. The number of benzene rings is 1. The van der Waals surface area contributed by atoms with Crippen molar-refractivity contribution >= 4 is 16.9 Å². The third kappa shape index (κ3) is 3.39. The van der Waals surface area contributed by atoms with Crippen LogP contribution in [0.1, 0.15) is 44.3 Å². The zero-order valence-electron chi connectivity index (χ0n) is 15.6. The number of carbonyl (C=O) groups is 1. The van der Waals surface area contributed by atoms with Gasteiger partial charge in [0, 0.05) is 24.9 Å². The lowest BCUT2D eigenvalue weighted by Crippen LogP contribution is -2.37. The Morgan fingerprint density at radius 3 is 2.96 bits per heavy atom. The standard InChI is InChI=1S/C19H24N6O2/c1-12(2)18-21-14-5-3-4-6-15(14)25(18)11-17(26)20-13-7-8-16-22-23-19(27)24(16)10-9-13/h3-6,12-13H,7-11H2,1-2H3,(H,20,26)(H,23,27). The van der Waals surface area contributed by atoms with Crippen LogP contribution in [0.2, 0.25) is 0 Å². The van der Waals surface area contributed by atoms with Crippen molar-refractivity contribution in [3.8, 4) is 0 Å². The van der Waals surface area contributed by atoms with E-state index in [1.807, 2.05) is 28.8 Å². The van der Waals surface area contributed by atoms with Crippen LogP contribution in [0.25, 0.3) is 11.0 Å². The number of hydrogen-bond donors (Lipinski definition) is 2. The van der Waals surface area contributed by atoms with Gasteiger partial charge >= 0.3 is 5.69 Å². The SMILES string of the molecule is CC(C)c1nc2ccccc2n1CC(=O)NC1CCc2n[nH]c(=O)n2CC1. The molecule has 4 rings (SSSR count). The predicted molar refractivity (Wildman–Crippen MR) is 102 cm³/mol. The van der Waals surface area contributed by atoms with Gasteiger partial charge in [-0.2, -0.15) is 5.10 Å². The normalized spacial score (nSPS) is 17.1. The number of aromatic amines is 1. The van der Waals surface area contributed by atoms with Gasteiger partial charge in [-0.05, 0) is 25.0 Å². The van der Waals surface area contributed by atoms with Gasteiger partial charge in [-0.3, -0.25) is 9.36 Å². The molecule has 1 aromatic carbocycles. The summed E-state index contributed by atoms with van der Waals surface area (Å²) in [5.74, 6) is 1.88. The Balaban J connectivity index is 1.48. The number of H-pyrrole nitrogens is 1. The number of fused-ring (bicyclic) bond motifs is 2. The first-order valence-electron chi connectivity index (χ1n) is 9.41. The summed E-state index contributed by atoms with van der Waals surface area (Å²) in [4.78, 5) is 29.2. The molecule has 0 saturated carbocycles. The van der Waals surface area contributed by atoms with Gasteiger partial charge in [0.2, 0.25) is 5.91 Å². The number of aryl methyl sites for hydroxylation is 1. The molecular formula is C19H24N6O2. The van der Waals surface area contributed by atoms with Gasteiger partial charge < -0.3 is 9.88 Å². The Bertz CT molecular complexity index is 1030. The number of para-hydroxylation sites is 2. The highest BCUT2D eigenvalue weighted by Crippen LogP contribution is 2.21. The monoisotopic (exact) mass is 368 g/mol. The molecule has 1 aliphatic heterocycles. The van der Waals surface area contributed by atoms with E-state index >= 15 is 0 Å². The molecular weight excluding hydrogens is 344 g/mol. The Morgan fingerprint density at radius 1 is 1.33 bits per heavy atom. The van der Waals surface area contributed by atoms with Crippen LogP contribution in [0.15, 0.2) is 29.1 Å². The summed E-state index contributed by atoms with van der Waals surface area (Å²) in [7, 11) is 0. The Labute approximate surface area is 156 Å². The van der Waals surface area contributed by atoms with Crippen LogP contribution in [-0.4, -0.2) is 36.3 Å². The lowest BCUT2D eigenvalue weighted by atomic mass is 10.1. The van der Waals surface area contributed by atoms with Crippen molar-refractivity contribution in [2.24, 2.45) is 0 Å². The highest BCUT2D eigenvalue weighted by molar-refractivity contribution is 5.81. The second-order valence-electron chi connectivity index (χ2n) is 7.39. The Hall–Kier alpha value is -2.90. The van der Waals surface area contributed by atoms with Crippen LogP contribution in [0, 0.1) is 0 Å². The molecule has 1 atom stereocenters. The molecule has 2 N–H and O–H groups in total. The van der Waals surface area contributed by atoms with Crippen molar-refractivity contribution in [1.82, 2.24) is 29.6 Å². The Kier molecular flexibility index (Phi) is 4.55. The van der Waals surface area contributed by atoms with E-state index in [9.17, 15) is 9.59 Å². The number of aromatic nitrogens is 5. The van der Waals surface area contributed by atoms with Crippen LogP contribution in [0.4, 0.5) is 0 Å².